The standard InChI is InChI=1S/C18H12ClFN4O3S/c19-11-3-7-13(8-4-11)24-17(27)14(16(26)22-18(24)28)9-21-23-15(25)10-1-5-12(20)6-2-10/h1-9,14H,(H,23,25)(H,22,26,28)/b21-9-/t14-/m0/s1. The van der Waals surface area contributed by atoms with Crippen LogP contribution in [-0.2, 0) is 9.59 Å². The Kier molecular flexibility index (Phi) is 5.76. The molecule has 0 bridgehead atoms. The van der Waals surface area contributed by atoms with Crippen LogP contribution in [0.15, 0.2) is 53.6 Å². The SMILES string of the molecule is O=C(N/N=C\[C@H]1C(=O)NC(=S)N(c2ccc(Cl)cc2)C1=O)c1ccc(F)cc1. The van der Waals surface area contributed by atoms with Gasteiger partial charge in [0.15, 0.2) is 11.0 Å². The summed E-state index contributed by atoms with van der Waals surface area (Å²) in [6, 6.07) is 11.1. The van der Waals surface area contributed by atoms with Gasteiger partial charge in [-0.05, 0) is 60.7 Å². The normalized spacial score (nSPS) is 17.0. The summed E-state index contributed by atoms with van der Waals surface area (Å²) >= 11 is 10.9. The topological polar surface area (TPSA) is 90.9 Å². The number of thiocarbonyl (C=S) groups is 1. The first-order valence-corrected chi connectivity index (χ1v) is 8.69. The Hall–Kier alpha value is -3.17. The van der Waals surface area contributed by atoms with Crippen LogP contribution in [0.25, 0.3) is 0 Å². The van der Waals surface area contributed by atoms with Gasteiger partial charge < -0.3 is 5.32 Å². The molecule has 0 spiro atoms. The fourth-order valence-electron chi connectivity index (χ4n) is 2.39. The predicted molar refractivity (Wildman–Crippen MR) is 106 cm³/mol. The van der Waals surface area contributed by atoms with E-state index in [1.54, 1.807) is 24.3 Å². The van der Waals surface area contributed by atoms with Gasteiger partial charge in [-0.1, -0.05) is 11.6 Å². The molecule has 3 amide bonds. The van der Waals surface area contributed by atoms with Crippen LogP contribution in [-0.4, -0.2) is 29.0 Å². The van der Waals surface area contributed by atoms with Crippen molar-refractivity contribution in [1.29, 1.82) is 0 Å². The minimum Gasteiger partial charge on any atom is -0.301 e. The van der Waals surface area contributed by atoms with E-state index in [9.17, 15) is 18.8 Å². The third kappa shape index (κ3) is 4.21. The molecule has 3 rings (SSSR count). The molecule has 0 saturated carbocycles. The van der Waals surface area contributed by atoms with Crippen LogP contribution < -0.4 is 15.6 Å². The lowest BCUT2D eigenvalue weighted by Crippen LogP contribution is -2.58. The van der Waals surface area contributed by atoms with E-state index in [2.05, 4.69) is 15.8 Å². The van der Waals surface area contributed by atoms with Crippen LogP contribution in [0, 0.1) is 11.7 Å². The molecule has 1 fully saturated rings. The third-order valence-electron chi connectivity index (χ3n) is 3.78. The maximum atomic E-state index is 12.9. The van der Waals surface area contributed by atoms with Gasteiger partial charge >= 0.3 is 0 Å². The number of nitrogens with zero attached hydrogens (tertiary/aromatic N) is 2. The van der Waals surface area contributed by atoms with Crippen molar-refractivity contribution in [1.82, 2.24) is 10.7 Å². The number of rotatable bonds is 4. The molecule has 1 heterocycles. The molecule has 10 heteroatoms. The van der Waals surface area contributed by atoms with Gasteiger partial charge in [0.2, 0.25) is 5.91 Å². The predicted octanol–water partition coefficient (Wildman–Crippen LogP) is 2.26. The summed E-state index contributed by atoms with van der Waals surface area (Å²) in [5.41, 5.74) is 2.78. The quantitative estimate of drug-likeness (QED) is 0.345. The average molecular weight is 419 g/mol. The second-order valence-corrected chi connectivity index (χ2v) is 6.47. The molecule has 1 aliphatic rings. The van der Waals surface area contributed by atoms with Crippen molar-refractivity contribution in [2.75, 3.05) is 4.90 Å². The number of carbonyl (C=O) groups excluding carboxylic acids is 3. The number of carbonyl (C=O) groups is 3. The van der Waals surface area contributed by atoms with Gasteiger partial charge in [-0.15, -0.1) is 0 Å². The number of hydrogen-bond donors (Lipinski definition) is 2. The molecule has 2 N–H and O–H groups in total. The molecule has 2 aromatic rings. The van der Waals surface area contributed by atoms with Crippen molar-refractivity contribution >= 4 is 58.6 Å². The maximum absolute atomic E-state index is 12.9. The maximum Gasteiger partial charge on any atom is 0.271 e. The van der Waals surface area contributed by atoms with Crippen molar-refractivity contribution in [3.05, 3.63) is 64.9 Å². The van der Waals surface area contributed by atoms with Crippen molar-refractivity contribution in [2.45, 2.75) is 0 Å². The smallest absolute Gasteiger partial charge is 0.271 e. The fourth-order valence-corrected chi connectivity index (χ4v) is 2.81. The van der Waals surface area contributed by atoms with Crippen molar-refractivity contribution in [2.24, 2.45) is 11.0 Å². The van der Waals surface area contributed by atoms with Gasteiger partial charge in [-0.3, -0.25) is 19.3 Å². The van der Waals surface area contributed by atoms with E-state index in [-0.39, 0.29) is 10.7 Å². The van der Waals surface area contributed by atoms with E-state index in [0.29, 0.717) is 10.7 Å². The highest BCUT2D eigenvalue weighted by atomic mass is 35.5. The molecule has 0 aliphatic carbocycles. The number of nitrogens with one attached hydrogen (secondary N) is 2. The van der Waals surface area contributed by atoms with Crippen molar-refractivity contribution in [3.63, 3.8) is 0 Å². The summed E-state index contributed by atoms with van der Waals surface area (Å²) in [6.07, 6.45) is 1.00. The molecular weight excluding hydrogens is 407 g/mol. The van der Waals surface area contributed by atoms with Gasteiger partial charge in [0.25, 0.3) is 11.8 Å². The number of benzene rings is 2. The second kappa shape index (κ2) is 8.24. The summed E-state index contributed by atoms with van der Waals surface area (Å²) in [7, 11) is 0. The zero-order chi connectivity index (χ0) is 20.3. The van der Waals surface area contributed by atoms with Gasteiger partial charge in [-0.2, -0.15) is 5.10 Å². The lowest BCUT2D eigenvalue weighted by molar-refractivity contribution is -0.130. The van der Waals surface area contributed by atoms with Gasteiger partial charge in [0.1, 0.15) is 5.82 Å². The van der Waals surface area contributed by atoms with Crippen LogP contribution in [0.5, 0.6) is 0 Å². The average Bonchev–Trinajstić information content (AvgIpc) is 2.66. The van der Waals surface area contributed by atoms with Crippen molar-refractivity contribution < 1.29 is 18.8 Å². The van der Waals surface area contributed by atoms with E-state index >= 15 is 0 Å². The second-order valence-electron chi connectivity index (χ2n) is 5.65. The molecule has 1 saturated heterocycles. The number of anilines is 1. The highest BCUT2D eigenvalue weighted by Crippen LogP contribution is 2.22. The molecule has 0 unspecified atom stereocenters. The molecule has 1 atom stereocenters. The van der Waals surface area contributed by atoms with Crippen LogP contribution in [0.2, 0.25) is 5.02 Å². The van der Waals surface area contributed by atoms with E-state index < -0.39 is 29.5 Å². The minimum atomic E-state index is -1.30. The fraction of sp³-hybridized carbons (Fsp3) is 0.0556. The number of amides is 3. The molecule has 142 valence electrons. The van der Waals surface area contributed by atoms with Crippen molar-refractivity contribution in [3.8, 4) is 0 Å². The summed E-state index contributed by atoms with van der Waals surface area (Å²) in [6.45, 7) is 0. The molecular formula is C18H12ClFN4O3S. The van der Waals surface area contributed by atoms with Crippen LogP contribution in [0.3, 0.4) is 0 Å². The molecule has 0 aromatic heterocycles. The Labute approximate surface area is 169 Å². The number of hydrogen-bond acceptors (Lipinski definition) is 5. The van der Waals surface area contributed by atoms with E-state index in [1.165, 1.54) is 12.1 Å². The highest BCUT2D eigenvalue weighted by Gasteiger charge is 2.38. The van der Waals surface area contributed by atoms with E-state index in [0.717, 1.165) is 23.2 Å². The van der Waals surface area contributed by atoms with Crippen LogP contribution >= 0.6 is 23.8 Å². The Balaban J connectivity index is 1.74. The zero-order valence-electron chi connectivity index (χ0n) is 14.1. The molecule has 2 aromatic carbocycles. The Morgan fingerprint density at radius 2 is 1.82 bits per heavy atom. The third-order valence-corrected chi connectivity index (χ3v) is 4.32. The molecule has 1 aliphatic heterocycles. The first kappa shape index (κ1) is 19.6. The Morgan fingerprint density at radius 3 is 2.46 bits per heavy atom. The highest BCUT2D eigenvalue weighted by molar-refractivity contribution is 7.80. The summed E-state index contributed by atoms with van der Waals surface area (Å²) < 4.78 is 12.9. The lowest BCUT2D eigenvalue weighted by atomic mass is 10.1. The van der Waals surface area contributed by atoms with Gasteiger partial charge in [-0.25, -0.2) is 9.82 Å². The number of hydrazone groups is 1. The minimum absolute atomic E-state index is 0.0719. The van der Waals surface area contributed by atoms with Crippen LogP contribution in [0.4, 0.5) is 10.1 Å². The van der Waals surface area contributed by atoms with Gasteiger partial charge in [0, 0.05) is 16.8 Å². The lowest BCUT2D eigenvalue weighted by Gasteiger charge is -2.30. The summed E-state index contributed by atoms with van der Waals surface area (Å²) in [5.74, 6) is -3.69. The molecule has 0 radical (unpaired) electrons. The number of halogens is 2. The molecule has 28 heavy (non-hydrogen) atoms. The Bertz CT molecular complexity index is 979. The first-order valence-electron chi connectivity index (χ1n) is 7.90. The van der Waals surface area contributed by atoms with E-state index in [4.69, 9.17) is 23.8 Å². The Morgan fingerprint density at radius 1 is 1.18 bits per heavy atom. The monoisotopic (exact) mass is 418 g/mol. The largest absolute Gasteiger partial charge is 0.301 e. The summed E-state index contributed by atoms with van der Waals surface area (Å²) in [4.78, 5) is 37.9. The zero-order valence-corrected chi connectivity index (χ0v) is 15.6. The first-order chi connectivity index (χ1) is 13.4. The van der Waals surface area contributed by atoms with Gasteiger partial charge in [0.05, 0.1) is 5.69 Å². The molecule has 7 nitrogen and oxygen atoms in total. The van der Waals surface area contributed by atoms with E-state index in [1.807, 2.05) is 0 Å². The summed E-state index contributed by atoms with van der Waals surface area (Å²) in [5, 5.41) is 6.49. The van der Waals surface area contributed by atoms with Crippen LogP contribution in [0.1, 0.15) is 10.4 Å².